The van der Waals surface area contributed by atoms with Crippen LogP contribution in [0.25, 0.3) is 0 Å². The molecule has 0 radical (unpaired) electrons. The summed E-state index contributed by atoms with van der Waals surface area (Å²) in [4.78, 5) is 19.8. The Kier molecular flexibility index (Phi) is 7.06. The molecule has 0 unspecified atom stereocenters. The normalized spacial score (nSPS) is 16.1. The smallest absolute Gasteiger partial charge is 0.227 e. The summed E-state index contributed by atoms with van der Waals surface area (Å²) in [5, 5.41) is 9.26. The Hall–Kier alpha value is -3.63. The lowest BCUT2D eigenvalue weighted by Crippen LogP contribution is -2.47. The summed E-state index contributed by atoms with van der Waals surface area (Å²) in [6, 6.07) is 21.2. The monoisotopic (exact) mass is 481 g/mol. The lowest BCUT2D eigenvalue weighted by Gasteiger charge is -2.38. The molecule has 7 heteroatoms. The molecule has 36 heavy (non-hydrogen) atoms. The molecule has 0 bridgehead atoms. The number of para-hydroxylation sites is 1. The zero-order valence-corrected chi connectivity index (χ0v) is 21.6. The first-order valence-electron chi connectivity index (χ1n) is 12.9. The maximum Gasteiger partial charge on any atom is 0.227 e. The number of piperazine rings is 1. The zero-order chi connectivity index (χ0) is 25.1. The van der Waals surface area contributed by atoms with Crippen LogP contribution < -0.4 is 14.7 Å². The van der Waals surface area contributed by atoms with E-state index in [9.17, 15) is 5.26 Å². The van der Waals surface area contributed by atoms with Crippen molar-refractivity contribution in [2.75, 3.05) is 54.5 Å². The van der Waals surface area contributed by atoms with Gasteiger partial charge in [0.05, 0.1) is 17.3 Å². The number of nitrogens with zero attached hydrogens (tertiary/aromatic N) is 7. The molecule has 2 aromatic carbocycles. The maximum absolute atomic E-state index is 9.26. The van der Waals surface area contributed by atoms with Crippen molar-refractivity contribution in [3.05, 3.63) is 77.0 Å². The van der Waals surface area contributed by atoms with Gasteiger partial charge in [0.2, 0.25) is 5.95 Å². The van der Waals surface area contributed by atoms with Gasteiger partial charge in [0.1, 0.15) is 5.82 Å². The quantitative estimate of drug-likeness (QED) is 0.526. The van der Waals surface area contributed by atoms with Crippen molar-refractivity contribution in [1.82, 2.24) is 14.9 Å². The lowest BCUT2D eigenvalue weighted by molar-refractivity contribution is 0.243. The van der Waals surface area contributed by atoms with Crippen molar-refractivity contribution in [2.24, 2.45) is 0 Å². The van der Waals surface area contributed by atoms with Gasteiger partial charge < -0.3 is 14.7 Å². The van der Waals surface area contributed by atoms with Crippen LogP contribution in [0.3, 0.4) is 0 Å². The summed E-state index contributed by atoms with van der Waals surface area (Å²) in [6.07, 6.45) is 0.908. The minimum Gasteiger partial charge on any atom is -0.368 e. The third-order valence-corrected chi connectivity index (χ3v) is 7.36. The number of fused-ring (bicyclic) bond motifs is 1. The summed E-state index contributed by atoms with van der Waals surface area (Å²) < 4.78 is 0. The predicted octanol–water partition coefficient (Wildman–Crippen LogP) is 4.08. The van der Waals surface area contributed by atoms with E-state index >= 15 is 0 Å². The fourth-order valence-corrected chi connectivity index (χ4v) is 5.05. The molecule has 0 aliphatic carbocycles. The van der Waals surface area contributed by atoms with Gasteiger partial charge in [-0.1, -0.05) is 30.3 Å². The molecule has 1 saturated heterocycles. The summed E-state index contributed by atoms with van der Waals surface area (Å²) in [5.41, 5.74) is 5.58. The van der Waals surface area contributed by atoms with Crippen LogP contribution in [0, 0.1) is 11.3 Å². The van der Waals surface area contributed by atoms with Crippen LogP contribution in [-0.4, -0.2) is 60.7 Å². The Morgan fingerprint density at radius 2 is 1.69 bits per heavy atom. The lowest BCUT2D eigenvalue weighted by atomic mass is 10.0. The van der Waals surface area contributed by atoms with E-state index in [2.05, 4.69) is 83.0 Å². The van der Waals surface area contributed by atoms with E-state index in [-0.39, 0.29) is 0 Å². The molecule has 186 valence electrons. The summed E-state index contributed by atoms with van der Waals surface area (Å²) >= 11 is 0. The van der Waals surface area contributed by atoms with Crippen LogP contribution in [-0.2, 0) is 19.5 Å². The van der Waals surface area contributed by atoms with Crippen LogP contribution in [0.1, 0.15) is 36.2 Å². The van der Waals surface area contributed by atoms with Gasteiger partial charge in [-0.3, -0.25) is 4.90 Å². The summed E-state index contributed by atoms with van der Waals surface area (Å²) in [5.74, 6) is 1.91. The number of hydrogen-bond acceptors (Lipinski definition) is 7. The molecule has 3 aromatic rings. The Balaban J connectivity index is 1.36. The minimum atomic E-state index is 0.342. The number of anilines is 3. The largest absolute Gasteiger partial charge is 0.368 e. The van der Waals surface area contributed by atoms with Gasteiger partial charge in [-0.15, -0.1) is 0 Å². The zero-order valence-electron chi connectivity index (χ0n) is 21.6. The van der Waals surface area contributed by atoms with E-state index in [0.29, 0.717) is 11.6 Å². The second-order valence-corrected chi connectivity index (χ2v) is 10.1. The highest BCUT2D eigenvalue weighted by atomic mass is 15.3. The molecule has 7 nitrogen and oxygen atoms in total. The fraction of sp³-hybridized carbons (Fsp3) is 0.414. The van der Waals surface area contributed by atoms with Crippen LogP contribution >= 0.6 is 0 Å². The van der Waals surface area contributed by atoms with Crippen molar-refractivity contribution in [3.8, 4) is 6.07 Å². The Bertz CT molecular complexity index is 1230. The molecule has 0 spiro atoms. The van der Waals surface area contributed by atoms with E-state index in [1.807, 2.05) is 18.2 Å². The molecule has 0 N–H and O–H groups in total. The molecule has 2 aliphatic rings. The molecular weight excluding hydrogens is 446 g/mol. The molecule has 0 amide bonds. The molecule has 1 aromatic heterocycles. The molecule has 0 saturated carbocycles. The van der Waals surface area contributed by atoms with Crippen molar-refractivity contribution < 1.29 is 0 Å². The molecule has 3 heterocycles. The van der Waals surface area contributed by atoms with Gasteiger partial charge in [0.25, 0.3) is 0 Å². The van der Waals surface area contributed by atoms with Crippen LogP contribution in [0.2, 0.25) is 0 Å². The van der Waals surface area contributed by atoms with Crippen LogP contribution in [0.15, 0.2) is 54.6 Å². The predicted molar refractivity (Wildman–Crippen MR) is 145 cm³/mol. The van der Waals surface area contributed by atoms with Gasteiger partial charge in [-0.2, -0.15) is 10.2 Å². The second-order valence-electron chi connectivity index (χ2n) is 10.1. The Morgan fingerprint density at radius 1 is 0.944 bits per heavy atom. The van der Waals surface area contributed by atoms with Gasteiger partial charge in [-0.05, 0) is 43.7 Å². The molecule has 0 atom stereocenters. The van der Waals surface area contributed by atoms with E-state index < -0.39 is 0 Å². The standard InChI is InChI=1S/C29H35N7/c1-22(2)33(3)28-26-21-34(20-24-9-7-8-23(18-24)19-30)13-12-27(26)31-29(32-28)36-16-14-35(15-17-36)25-10-5-4-6-11-25/h4-11,18,22H,12-17,20-21H2,1-3H3. The molecule has 1 fully saturated rings. The topological polar surface area (TPSA) is 62.5 Å². The highest BCUT2D eigenvalue weighted by Crippen LogP contribution is 2.31. The SMILES string of the molecule is CC(C)N(C)c1nc(N2CCN(c3ccccc3)CC2)nc2c1CN(Cc1cccc(C#N)c1)CC2. The Morgan fingerprint density at radius 3 is 2.42 bits per heavy atom. The number of nitriles is 1. The minimum absolute atomic E-state index is 0.342. The van der Waals surface area contributed by atoms with Crippen molar-refractivity contribution >= 4 is 17.5 Å². The molecule has 2 aliphatic heterocycles. The average molecular weight is 482 g/mol. The highest BCUT2D eigenvalue weighted by molar-refractivity contribution is 5.55. The maximum atomic E-state index is 9.26. The van der Waals surface area contributed by atoms with E-state index in [1.165, 1.54) is 22.5 Å². The van der Waals surface area contributed by atoms with Gasteiger partial charge >= 0.3 is 0 Å². The summed E-state index contributed by atoms with van der Waals surface area (Å²) in [6.45, 7) is 10.8. The first kappa shape index (κ1) is 24.1. The Labute approximate surface area is 214 Å². The summed E-state index contributed by atoms with van der Waals surface area (Å²) in [7, 11) is 2.14. The number of hydrogen-bond donors (Lipinski definition) is 0. The third kappa shape index (κ3) is 5.14. The van der Waals surface area contributed by atoms with E-state index in [4.69, 9.17) is 9.97 Å². The third-order valence-electron chi connectivity index (χ3n) is 7.36. The van der Waals surface area contributed by atoms with Crippen molar-refractivity contribution in [3.63, 3.8) is 0 Å². The first-order valence-corrected chi connectivity index (χ1v) is 12.9. The van der Waals surface area contributed by atoms with Gasteiger partial charge in [-0.25, -0.2) is 4.98 Å². The van der Waals surface area contributed by atoms with Crippen molar-refractivity contribution in [2.45, 2.75) is 39.4 Å². The second kappa shape index (κ2) is 10.5. The number of rotatable bonds is 6. The molecular formula is C29H35N7. The van der Waals surface area contributed by atoms with E-state index in [0.717, 1.165) is 64.0 Å². The first-order chi connectivity index (χ1) is 17.5. The van der Waals surface area contributed by atoms with Gasteiger partial charge in [0, 0.05) is 76.6 Å². The average Bonchev–Trinajstić information content (AvgIpc) is 2.92. The molecule has 5 rings (SSSR count). The van der Waals surface area contributed by atoms with Crippen molar-refractivity contribution in [1.29, 1.82) is 5.26 Å². The van der Waals surface area contributed by atoms with Crippen LogP contribution in [0.4, 0.5) is 17.5 Å². The number of aromatic nitrogens is 2. The fourth-order valence-electron chi connectivity index (χ4n) is 5.05. The van der Waals surface area contributed by atoms with Gasteiger partial charge in [0.15, 0.2) is 0 Å². The highest BCUT2D eigenvalue weighted by Gasteiger charge is 2.28. The van der Waals surface area contributed by atoms with Crippen LogP contribution in [0.5, 0.6) is 0 Å². The van der Waals surface area contributed by atoms with E-state index in [1.54, 1.807) is 0 Å². The number of benzene rings is 2.